The molecule has 2 atom stereocenters. The summed E-state index contributed by atoms with van der Waals surface area (Å²) in [6, 6.07) is 0.603. The fourth-order valence-electron chi connectivity index (χ4n) is 2.09. The van der Waals surface area contributed by atoms with E-state index < -0.39 is 0 Å². The summed E-state index contributed by atoms with van der Waals surface area (Å²) in [6.45, 7) is 9.29. The SMILES string of the molecule is CCCC(C)NCC(C)OC1CCOCC1. The fourth-order valence-corrected chi connectivity index (χ4v) is 2.09. The molecular weight excluding hydrogens is 202 g/mol. The molecule has 1 rings (SSSR count). The average molecular weight is 229 g/mol. The lowest BCUT2D eigenvalue weighted by Gasteiger charge is -2.26. The first-order valence-corrected chi connectivity index (χ1v) is 6.69. The van der Waals surface area contributed by atoms with E-state index in [1.807, 2.05) is 0 Å². The third-order valence-corrected chi connectivity index (χ3v) is 3.07. The van der Waals surface area contributed by atoms with Crippen LogP contribution in [-0.2, 0) is 9.47 Å². The van der Waals surface area contributed by atoms with E-state index in [9.17, 15) is 0 Å². The molecule has 1 aliphatic heterocycles. The topological polar surface area (TPSA) is 30.5 Å². The summed E-state index contributed by atoms with van der Waals surface area (Å²) in [5, 5.41) is 3.52. The molecule has 2 unspecified atom stereocenters. The van der Waals surface area contributed by atoms with Gasteiger partial charge in [0.2, 0.25) is 0 Å². The number of nitrogens with one attached hydrogen (secondary N) is 1. The van der Waals surface area contributed by atoms with Crippen molar-refractivity contribution in [2.75, 3.05) is 19.8 Å². The highest BCUT2D eigenvalue weighted by Crippen LogP contribution is 2.12. The van der Waals surface area contributed by atoms with Crippen LogP contribution in [0.4, 0.5) is 0 Å². The third-order valence-electron chi connectivity index (χ3n) is 3.07. The Labute approximate surface area is 99.9 Å². The Balaban J connectivity index is 2.07. The lowest BCUT2D eigenvalue weighted by molar-refractivity contribution is -0.0617. The number of rotatable bonds is 7. The van der Waals surface area contributed by atoms with Crippen molar-refractivity contribution in [1.82, 2.24) is 5.32 Å². The van der Waals surface area contributed by atoms with Gasteiger partial charge in [0, 0.05) is 25.8 Å². The maximum atomic E-state index is 5.98. The van der Waals surface area contributed by atoms with Gasteiger partial charge in [-0.2, -0.15) is 0 Å². The van der Waals surface area contributed by atoms with Crippen LogP contribution in [0, 0.1) is 0 Å². The van der Waals surface area contributed by atoms with Gasteiger partial charge in [0.15, 0.2) is 0 Å². The summed E-state index contributed by atoms with van der Waals surface area (Å²) < 4.78 is 11.3. The van der Waals surface area contributed by atoms with Crippen LogP contribution < -0.4 is 5.32 Å². The van der Waals surface area contributed by atoms with Gasteiger partial charge in [0.1, 0.15) is 0 Å². The molecule has 0 aromatic heterocycles. The Hall–Kier alpha value is -0.120. The second-order valence-corrected chi connectivity index (χ2v) is 4.86. The van der Waals surface area contributed by atoms with Crippen molar-refractivity contribution >= 4 is 0 Å². The smallest absolute Gasteiger partial charge is 0.0675 e. The van der Waals surface area contributed by atoms with Crippen molar-refractivity contribution in [2.45, 2.75) is 64.7 Å². The maximum absolute atomic E-state index is 5.98. The van der Waals surface area contributed by atoms with Crippen molar-refractivity contribution in [3.63, 3.8) is 0 Å². The first kappa shape index (κ1) is 13.9. The second kappa shape index (κ2) is 8.04. The van der Waals surface area contributed by atoms with Crippen molar-refractivity contribution in [3.8, 4) is 0 Å². The monoisotopic (exact) mass is 229 g/mol. The van der Waals surface area contributed by atoms with Crippen molar-refractivity contribution in [1.29, 1.82) is 0 Å². The van der Waals surface area contributed by atoms with Gasteiger partial charge in [-0.1, -0.05) is 13.3 Å². The van der Waals surface area contributed by atoms with Crippen LogP contribution in [0.5, 0.6) is 0 Å². The minimum Gasteiger partial charge on any atom is -0.381 e. The standard InChI is InChI=1S/C13H27NO2/c1-4-5-11(2)14-10-12(3)16-13-6-8-15-9-7-13/h11-14H,4-10H2,1-3H3. The minimum absolute atomic E-state index is 0.308. The summed E-state index contributed by atoms with van der Waals surface area (Å²) in [4.78, 5) is 0. The normalized spacial score (nSPS) is 21.9. The van der Waals surface area contributed by atoms with E-state index in [4.69, 9.17) is 9.47 Å². The number of hydrogen-bond acceptors (Lipinski definition) is 3. The van der Waals surface area contributed by atoms with E-state index in [0.29, 0.717) is 18.2 Å². The molecule has 0 aromatic carbocycles. The van der Waals surface area contributed by atoms with Gasteiger partial charge in [-0.3, -0.25) is 0 Å². The van der Waals surface area contributed by atoms with Crippen LogP contribution >= 0.6 is 0 Å². The molecule has 0 radical (unpaired) electrons. The molecule has 0 bridgehead atoms. The molecule has 0 spiro atoms. The van der Waals surface area contributed by atoms with Gasteiger partial charge in [-0.15, -0.1) is 0 Å². The fraction of sp³-hybridized carbons (Fsp3) is 1.00. The summed E-state index contributed by atoms with van der Waals surface area (Å²) in [5.41, 5.74) is 0. The zero-order chi connectivity index (χ0) is 11.8. The zero-order valence-electron chi connectivity index (χ0n) is 11.0. The summed E-state index contributed by atoms with van der Waals surface area (Å²) in [7, 11) is 0. The van der Waals surface area contributed by atoms with Crippen LogP contribution in [0.1, 0.15) is 46.5 Å². The molecule has 16 heavy (non-hydrogen) atoms. The highest BCUT2D eigenvalue weighted by atomic mass is 16.5. The molecule has 3 heteroatoms. The van der Waals surface area contributed by atoms with Crippen molar-refractivity contribution < 1.29 is 9.47 Å². The summed E-state index contributed by atoms with van der Waals surface area (Å²) in [6.07, 6.45) is 5.30. The molecule has 1 fully saturated rings. The highest BCUT2D eigenvalue weighted by molar-refractivity contribution is 4.68. The molecule has 0 saturated carbocycles. The van der Waals surface area contributed by atoms with Gasteiger partial charge >= 0.3 is 0 Å². The molecule has 0 aromatic rings. The van der Waals surface area contributed by atoms with E-state index >= 15 is 0 Å². The Bertz CT molecular complexity index is 169. The zero-order valence-corrected chi connectivity index (χ0v) is 11.0. The largest absolute Gasteiger partial charge is 0.381 e. The third kappa shape index (κ3) is 5.83. The molecule has 0 amide bonds. The minimum atomic E-state index is 0.308. The molecular formula is C13H27NO2. The predicted molar refractivity (Wildman–Crippen MR) is 66.8 cm³/mol. The number of hydrogen-bond donors (Lipinski definition) is 1. The molecule has 1 heterocycles. The van der Waals surface area contributed by atoms with Crippen molar-refractivity contribution in [2.24, 2.45) is 0 Å². The Kier molecular flexibility index (Phi) is 7.01. The Morgan fingerprint density at radius 1 is 1.31 bits per heavy atom. The molecule has 1 N–H and O–H groups in total. The predicted octanol–water partition coefficient (Wildman–Crippen LogP) is 2.35. The van der Waals surface area contributed by atoms with Gasteiger partial charge < -0.3 is 14.8 Å². The lowest BCUT2D eigenvalue weighted by atomic mass is 10.1. The molecule has 1 saturated heterocycles. The first-order chi connectivity index (χ1) is 7.72. The van der Waals surface area contributed by atoms with E-state index in [-0.39, 0.29) is 0 Å². The number of ether oxygens (including phenoxy) is 2. The van der Waals surface area contributed by atoms with Gasteiger partial charge in [0.25, 0.3) is 0 Å². The van der Waals surface area contributed by atoms with E-state index in [2.05, 4.69) is 26.1 Å². The quantitative estimate of drug-likeness (QED) is 0.727. The first-order valence-electron chi connectivity index (χ1n) is 6.69. The highest BCUT2D eigenvalue weighted by Gasteiger charge is 2.17. The van der Waals surface area contributed by atoms with Crippen LogP contribution in [0.2, 0.25) is 0 Å². The van der Waals surface area contributed by atoms with Crippen LogP contribution in [0.25, 0.3) is 0 Å². The Morgan fingerprint density at radius 2 is 2.00 bits per heavy atom. The van der Waals surface area contributed by atoms with Crippen molar-refractivity contribution in [3.05, 3.63) is 0 Å². The summed E-state index contributed by atoms with van der Waals surface area (Å²) >= 11 is 0. The molecule has 1 aliphatic rings. The molecule has 3 nitrogen and oxygen atoms in total. The molecule has 0 aliphatic carbocycles. The van der Waals surface area contributed by atoms with E-state index in [1.165, 1.54) is 12.8 Å². The average Bonchev–Trinajstić information content (AvgIpc) is 2.28. The van der Waals surface area contributed by atoms with E-state index in [1.54, 1.807) is 0 Å². The Morgan fingerprint density at radius 3 is 2.62 bits per heavy atom. The van der Waals surface area contributed by atoms with Gasteiger partial charge in [-0.05, 0) is 33.1 Å². The van der Waals surface area contributed by atoms with Gasteiger partial charge in [0.05, 0.1) is 12.2 Å². The van der Waals surface area contributed by atoms with Gasteiger partial charge in [-0.25, -0.2) is 0 Å². The summed E-state index contributed by atoms with van der Waals surface area (Å²) in [5.74, 6) is 0. The second-order valence-electron chi connectivity index (χ2n) is 4.86. The molecule has 96 valence electrons. The van der Waals surface area contributed by atoms with E-state index in [0.717, 1.165) is 32.6 Å². The lowest BCUT2D eigenvalue weighted by Crippen LogP contribution is -2.36. The van der Waals surface area contributed by atoms with Crippen LogP contribution in [0.15, 0.2) is 0 Å². The van der Waals surface area contributed by atoms with Crippen LogP contribution in [-0.4, -0.2) is 38.0 Å². The van der Waals surface area contributed by atoms with Crippen LogP contribution in [0.3, 0.4) is 0 Å². The maximum Gasteiger partial charge on any atom is 0.0675 e.